The van der Waals surface area contributed by atoms with E-state index in [0.717, 1.165) is 6.42 Å². The summed E-state index contributed by atoms with van der Waals surface area (Å²) in [6.45, 7) is 3.92. The maximum Gasteiger partial charge on any atom is 0.223 e. The smallest absolute Gasteiger partial charge is 0.223 e. The second kappa shape index (κ2) is 5.45. The van der Waals surface area contributed by atoms with Gasteiger partial charge < -0.3 is 9.64 Å². The van der Waals surface area contributed by atoms with Crippen molar-refractivity contribution < 1.29 is 9.53 Å². The summed E-state index contributed by atoms with van der Waals surface area (Å²) in [6, 6.07) is 0.0782. The molecule has 0 radical (unpaired) electrons. The summed E-state index contributed by atoms with van der Waals surface area (Å²) in [5, 5.41) is 0. The second-order valence-electron chi connectivity index (χ2n) is 3.22. The van der Waals surface area contributed by atoms with Crippen LogP contribution in [0.1, 0.15) is 19.8 Å². The van der Waals surface area contributed by atoms with E-state index >= 15 is 0 Å². The Balaban J connectivity index is 2.48. The maximum atomic E-state index is 11.6. The van der Waals surface area contributed by atoms with E-state index in [1.54, 1.807) is 0 Å². The molecule has 1 fully saturated rings. The molecule has 0 bridgehead atoms. The average molecular weight is 206 g/mol. The normalized spacial score (nSPS) is 23.2. The quantitative estimate of drug-likeness (QED) is 0.650. The number of rotatable bonds is 3. The molecule has 1 saturated heterocycles. The van der Waals surface area contributed by atoms with E-state index in [1.165, 1.54) is 0 Å². The fourth-order valence-electron chi connectivity index (χ4n) is 1.47. The van der Waals surface area contributed by atoms with E-state index in [0.29, 0.717) is 32.1 Å². The molecule has 3 nitrogen and oxygen atoms in total. The molecule has 76 valence electrons. The topological polar surface area (TPSA) is 29.5 Å². The third kappa shape index (κ3) is 2.85. The molecular formula is C9H16ClNO2. The van der Waals surface area contributed by atoms with Crippen LogP contribution < -0.4 is 0 Å². The Bertz CT molecular complexity index is 175. The molecule has 1 amide bonds. The van der Waals surface area contributed by atoms with Gasteiger partial charge in [-0.2, -0.15) is 0 Å². The molecular weight excluding hydrogens is 190 g/mol. The Kier molecular flexibility index (Phi) is 4.53. The highest BCUT2D eigenvalue weighted by Crippen LogP contribution is 2.10. The highest BCUT2D eigenvalue weighted by Gasteiger charge is 2.25. The Morgan fingerprint density at radius 1 is 1.69 bits per heavy atom. The third-order valence-corrected chi connectivity index (χ3v) is 2.55. The number of morpholine rings is 1. The molecule has 1 unspecified atom stereocenters. The summed E-state index contributed by atoms with van der Waals surface area (Å²) in [5.41, 5.74) is 0. The standard InChI is InChI=1S/C9H16ClNO2/c1-2-3-9(12)11-4-5-13-7-8(11)6-10/h8H,2-7H2,1H3. The number of carbonyl (C=O) groups is 1. The molecule has 1 aliphatic rings. The van der Waals surface area contributed by atoms with E-state index in [1.807, 2.05) is 11.8 Å². The van der Waals surface area contributed by atoms with Crippen LogP contribution in [0, 0.1) is 0 Å². The molecule has 0 spiro atoms. The van der Waals surface area contributed by atoms with Gasteiger partial charge in [0.25, 0.3) is 0 Å². The molecule has 4 heteroatoms. The van der Waals surface area contributed by atoms with Crippen molar-refractivity contribution in [1.29, 1.82) is 0 Å². The number of hydrogen-bond acceptors (Lipinski definition) is 2. The molecule has 1 atom stereocenters. The van der Waals surface area contributed by atoms with Gasteiger partial charge in [0, 0.05) is 18.8 Å². The van der Waals surface area contributed by atoms with Crippen LogP contribution in [0.5, 0.6) is 0 Å². The van der Waals surface area contributed by atoms with Crippen molar-refractivity contribution in [3.05, 3.63) is 0 Å². The highest BCUT2D eigenvalue weighted by molar-refractivity contribution is 6.18. The van der Waals surface area contributed by atoms with Crippen molar-refractivity contribution in [1.82, 2.24) is 4.90 Å². The molecule has 1 heterocycles. The second-order valence-corrected chi connectivity index (χ2v) is 3.53. The van der Waals surface area contributed by atoms with Crippen LogP contribution in [0.4, 0.5) is 0 Å². The molecule has 13 heavy (non-hydrogen) atoms. The Morgan fingerprint density at radius 3 is 3.08 bits per heavy atom. The van der Waals surface area contributed by atoms with Gasteiger partial charge in [0.2, 0.25) is 5.91 Å². The molecule has 0 aromatic rings. The van der Waals surface area contributed by atoms with Crippen LogP contribution >= 0.6 is 11.6 Å². The van der Waals surface area contributed by atoms with Crippen LogP contribution in [0.15, 0.2) is 0 Å². The minimum atomic E-state index is 0.0782. The van der Waals surface area contributed by atoms with Gasteiger partial charge in [-0.1, -0.05) is 6.92 Å². The predicted molar refractivity (Wildman–Crippen MR) is 51.9 cm³/mol. The van der Waals surface area contributed by atoms with Crippen molar-refractivity contribution in [3.63, 3.8) is 0 Å². The van der Waals surface area contributed by atoms with Crippen molar-refractivity contribution in [2.45, 2.75) is 25.8 Å². The van der Waals surface area contributed by atoms with Gasteiger partial charge in [0.15, 0.2) is 0 Å². The first kappa shape index (κ1) is 10.8. The summed E-state index contributed by atoms with van der Waals surface area (Å²) in [7, 11) is 0. The average Bonchev–Trinajstić information content (AvgIpc) is 2.18. The van der Waals surface area contributed by atoms with Gasteiger partial charge >= 0.3 is 0 Å². The number of ether oxygens (including phenoxy) is 1. The number of hydrogen-bond donors (Lipinski definition) is 0. The van der Waals surface area contributed by atoms with Crippen LogP contribution in [0.2, 0.25) is 0 Å². The summed E-state index contributed by atoms with van der Waals surface area (Å²) >= 11 is 5.75. The zero-order valence-corrected chi connectivity index (χ0v) is 8.72. The van der Waals surface area contributed by atoms with E-state index in [4.69, 9.17) is 16.3 Å². The van der Waals surface area contributed by atoms with Crippen molar-refractivity contribution >= 4 is 17.5 Å². The third-order valence-electron chi connectivity index (χ3n) is 2.19. The zero-order valence-electron chi connectivity index (χ0n) is 7.96. The molecule has 1 aliphatic heterocycles. The van der Waals surface area contributed by atoms with E-state index < -0.39 is 0 Å². The Labute approximate surface area is 84.0 Å². The largest absolute Gasteiger partial charge is 0.377 e. The molecule has 1 rings (SSSR count). The van der Waals surface area contributed by atoms with Gasteiger partial charge in [0.1, 0.15) is 0 Å². The SMILES string of the molecule is CCCC(=O)N1CCOCC1CCl. The van der Waals surface area contributed by atoms with Crippen LogP contribution in [-0.4, -0.2) is 42.5 Å². The van der Waals surface area contributed by atoms with E-state index in [9.17, 15) is 4.79 Å². The van der Waals surface area contributed by atoms with Crippen molar-refractivity contribution in [3.8, 4) is 0 Å². The monoisotopic (exact) mass is 205 g/mol. The van der Waals surface area contributed by atoms with Gasteiger partial charge in [-0.3, -0.25) is 4.79 Å². The maximum absolute atomic E-state index is 11.6. The van der Waals surface area contributed by atoms with Crippen molar-refractivity contribution in [2.75, 3.05) is 25.6 Å². The van der Waals surface area contributed by atoms with Crippen LogP contribution in [-0.2, 0) is 9.53 Å². The van der Waals surface area contributed by atoms with Gasteiger partial charge in [-0.15, -0.1) is 11.6 Å². The molecule has 0 aliphatic carbocycles. The molecule has 0 aromatic carbocycles. The number of halogens is 1. The molecule has 0 aromatic heterocycles. The summed E-state index contributed by atoms with van der Waals surface area (Å²) in [6.07, 6.45) is 1.51. The minimum Gasteiger partial charge on any atom is -0.377 e. The lowest BCUT2D eigenvalue weighted by atomic mass is 10.2. The highest BCUT2D eigenvalue weighted by atomic mass is 35.5. The zero-order chi connectivity index (χ0) is 9.68. The number of nitrogens with zero attached hydrogens (tertiary/aromatic N) is 1. The number of alkyl halides is 1. The van der Waals surface area contributed by atoms with Gasteiger partial charge in [0.05, 0.1) is 19.3 Å². The predicted octanol–water partition coefficient (Wildman–Crippen LogP) is 1.25. The van der Waals surface area contributed by atoms with E-state index in [-0.39, 0.29) is 11.9 Å². The fraction of sp³-hybridized carbons (Fsp3) is 0.889. The lowest BCUT2D eigenvalue weighted by molar-refractivity contribution is -0.138. The Morgan fingerprint density at radius 2 is 2.46 bits per heavy atom. The summed E-state index contributed by atoms with van der Waals surface area (Å²) < 4.78 is 5.25. The van der Waals surface area contributed by atoms with E-state index in [2.05, 4.69) is 0 Å². The first-order valence-corrected chi connectivity index (χ1v) is 5.26. The lowest BCUT2D eigenvalue weighted by Gasteiger charge is -2.34. The molecule has 0 N–H and O–H groups in total. The number of amides is 1. The van der Waals surface area contributed by atoms with Gasteiger partial charge in [-0.25, -0.2) is 0 Å². The fourth-order valence-corrected chi connectivity index (χ4v) is 1.72. The van der Waals surface area contributed by atoms with Gasteiger partial charge in [-0.05, 0) is 6.42 Å². The van der Waals surface area contributed by atoms with Crippen LogP contribution in [0.3, 0.4) is 0 Å². The minimum absolute atomic E-state index is 0.0782. The summed E-state index contributed by atoms with van der Waals surface area (Å²) in [4.78, 5) is 13.4. The first-order chi connectivity index (χ1) is 6.29. The Hall–Kier alpha value is -0.280. The number of carbonyl (C=O) groups excluding carboxylic acids is 1. The summed E-state index contributed by atoms with van der Waals surface area (Å²) in [5.74, 6) is 0.673. The first-order valence-electron chi connectivity index (χ1n) is 4.72. The lowest BCUT2D eigenvalue weighted by Crippen LogP contribution is -2.49. The molecule has 0 saturated carbocycles. The van der Waals surface area contributed by atoms with Crippen LogP contribution in [0.25, 0.3) is 0 Å². The van der Waals surface area contributed by atoms with Crippen molar-refractivity contribution in [2.24, 2.45) is 0 Å².